The quantitative estimate of drug-likeness (QED) is 0.606. The number of carbonyl (C=O) groups excluding carboxylic acids is 1. The van der Waals surface area contributed by atoms with Crippen LogP contribution in [0.15, 0.2) is 40.9 Å². The fourth-order valence-electron chi connectivity index (χ4n) is 2.41. The number of ether oxygens (including phenoxy) is 1. The van der Waals surface area contributed by atoms with Gasteiger partial charge in [-0.1, -0.05) is 23.2 Å². The lowest BCUT2D eigenvalue weighted by atomic mass is 10.3. The summed E-state index contributed by atoms with van der Waals surface area (Å²) in [5.74, 6) is 0.170. The first-order chi connectivity index (χ1) is 12.8. The molecule has 0 N–H and O–H groups in total. The van der Waals surface area contributed by atoms with Gasteiger partial charge in [-0.2, -0.15) is 5.10 Å². The maximum atomic E-state index is 13.0. The van der Waals surface area contributed by atoms with E-state index < -0.39 is 5.82 Å². The molecule has 2 aromatic heterocycles. The third-order valence-electron chi connectivity index (χ3n) is 3.88. The number of benzene rings is 1. The molecule has 2 heterocycles. The summed E-state index contributed by atoms with van der Waals surface area (Å²) < 4.78 is 25.7. The second-order valence-electron chi connectivity index (χ2n) is 5.85. The van der Waals surface area contributed by atoms with Crippen LogP contribution in [0.3, 0.4) is 0 Å². The van der Waals surface area contributed by atoms with Gasteiger partial charge in [-0.15, -0.1) is 0 Å². The lowest BCUT2D eigenvalue weighted by molar-refractivity contribution is 0.0746. The van der Waals surface area contributed by atoms with E-state index >= 15 is 0 Å². The molecule has 3 rings (SSSR count). The number of amides is 1. The Balaban J connectivity index is 1.63. The van der Waals surface area contributed by atoms with Crippen LogP contribution in [0, 0.1) is 5.82 Å². The minimum atomic E-state index is -0.449. The van der Waals surface area contributed by atoms with Gasteiger partial charge in [-0.05, 0) is 30.3 Å². The Kier molecular flexibility index (Phi) is 5.72. The molecule has 6 nitrogen and oxygen atoms in total. The summed E-state index contributed by atoms with van der Waals surface area (Å²) in [4.78, 5) is 14.0. The highest BCUT2D eigenvalue weighted by atomic mass is 35.5. The minimum Gasteiger partial charge on any atom is -0.484 e. The predicted molar refractivity (Wildman–Crippen MR) is 98.5 cm³/mol. The summed E-state index contributed by atoms with van der Waals surface area (Å²) >= 11 is 12.0. The molecule has 0 aliphatic heterocycles. The van der Waals surface area contributed by atoms with Gasteiger partial charge in [-0.3, -0.25) is 9.48 Å². The van der Waals surface area contributed by atoms with Gasteiger partial charge >= 0.3 is 0 Å². The standard InChI is InChI=1S/C18H16Cl2FN3O3/c1-23(9-15-14(20)8-22-24(15)2)18(25)17-6-4-12(27-17)10-26-16-5-3-11(21)7-13(16)19/h3-8H,9-10H2,1-2H3. The Morgan fingerprint density at radius 1 is 1.30 bits per heavy atom. The number of hydrogen-bond donors (Lipinski definition) is 0. The number of carbonyl (C=O) groups is 1. The van der Waals surface area contributed by atoms with E-state index in [-0.39, 0.29) is 29.8 Å². The molecule has 0 saturated heterocycles. The second-order valence-corrected chi connectivity index (χ2v) is 6.67. The molecular formula is C18H16Cl2FN3O3. The van der Waals surface area contributed by atoms with Crippen LogP contribution in [-0.2, 0) is 20.2 Å². The highest BCUT2D eigenvalue weighted by Crippen LogP contribution is 2.26. The van der Waals surface area contributed by atoms with Crippen molar-refractivity contribution in [3.05, 3.63) is 69.6 Å². The van der Waals surface area contributed by atoms with Gasteiger partial charge in [0.15, 0.2) is 5.76 Å². The van der Waals surface area contributed by atoms with Crippen molar-refractivity contribution in [2.24, 2.45) is 7.05 Å². The van der Waals surface area contributed by atoms with Crippen LogP contribution >= 0.6 is 23.2 Å². The number of hydrogen-bond acceptors (Lipinski definition) is 4. The van der Waals surface area contributed by atoms with Crippen LogP contribution in [0.4, 0.5) is 4.39 Å². The van der Waals surface area contributed by atoms with Crippen LogP contribution in [-0.4, -0.2) is 27.6 Å². The Bertz CT molecular complexity index is 951. The third kappa shape index (κ3) is 4.43. The van der Waals surface area contributed by atoms with E-state index in [1.807, 2.05) is 0 Å². The first-order valence-electron chi connectivity index (χ1n) is 7.93. The Hall–Kier alpha value is -2.51. The molecule has 0 saturated carbocycles. The lowest BCUT2D eigenvalue weighted by Gasteiger charge is -2.16. The van der Waals surface area contributed by atoms with Gasteiger partial charge in [0.2, 0.25) is 0 Å². The number of aromatic nitrogens is 2. The molecule has 27 heavy (non-hydrogen) atoms. The van der Waals surface area contributed by atoms with E-state index in [4.69, 9.17) is 32.4 Å². The summed E-state index contributed by atoms with van der Waals surface area (Å²) in [7, 11) is 3.39. The van der Waals surface area contributed by atoms with Crippen molar-refractivity contribution in [3.8, 4) is 5.75 Å². The van der Waals surface area contributed by atoms with E-state index in [2.05, 4.69) is 5.10 Å². The molecule has 0 radical (unpaired) electrons. The summed E-state index contributed by atoms with van der Waals surface area (Å²) in [6.07, 6.45) is 1.53. The topological polar surface area (TPSA) is 60.5 Å². The molecule has 0 fully saturated rings. The van der Waals surface area contributed by atoms with E-state index in [1.165, 1.54) is 23.2 Å². The number of nitrogens with zero attached hydrogens (tertiary/aromatic N) is 3. The van der Waals surface area contributed by atoms with Crippen molar-refractivity contribution >= 4 is 29.1 Å². The zero-order valence-electron chi connectivity index (χ0n) is 14.6. The van der Waals surface area contributed by atoms with Crippen molar-refractivity contribution < 1.29 is 18.3 Å². The van der Waals surface area contributed by atoms with E-state index in [0.29, 0.717) is 22.2 Å². The monoisotopic (exact) mass is 411 g/mol. The van der Waals surface area contributed by atoms with Gasteiger partial charge in [-0.25, -0.2) is 4.39 Å². The van der Waals surface area contributed by atoms with Crippen molar-refractivity contribution in [1.82, 2.24) is 14.7 Å². The molecule has 0 aliphatic carbocycles. The molecule has 3 aromatic rings. The van der Waals surface area contributed by atoms with E-state index in [1.54, 1.807) is 30.9 Å². The predicted octanol–water partition coefficient (Wildman–Crippen LogP) is 4.31. The van der Waals surface area contributed by atoms with E-state index in [0.717, 1.165) is 6.07 Å². The third-order valence-corrected chi connectivity index (χ3v) is 4.49. The number of furan rings is 1. The molecule has 0 bridgehead atoms. The zero-order chi connectivity index (χ0) is 19.6. The van der Waals surface area contributed by atoms with Crippen molar-refractivity contribution in [2.45, 2.75) is 13.2 Å². The first kappa shape index (κ1) is 19.3. The number of aryl methyl sites for hydroxylation is 1. The Morgan fingerprint density at radius 3 is 2.74 bits per heavy atom. The molecular weight excluding hydrogens is 396 g/mol. The van der Waals surface area contributed by atoms with Crippen LogP contribution < -0.4 is 4.74 Å². The van der Waals surface area contributed by atoms with Gasteiger partial charge in [0.1, 0.15) is 23.9 Å². The first-order valence-corrected chi connectivity index (χ1v) is 8.69. The van der Waals surface area contributed by atoms with Crippen molar-refractivity contribution in [1.29, 1.82) is 0 Å². The molecule has 0 unspecified atom stereocenters. The van der Waals surface area contributed by atoms with Crippen LogP contribution in [0.1, 0.15) is 22.0 Å². The van der Waals surface area contributed by atoms with Crippen LogP contribution in [0.5, 0.6) is 5.75 Å². The summed E-state index contributed by atoms with van der Waals surface area (Å²) in [6, 6.07) is 7.03. The maximum Gasteiger partial charge on any atom is 0.289 e. The lowest BCUT2D eigenvalue weighted by Crippen LogP contribution is -2.27. The molecule has 9 heteroatoms. The molecule has 142 valence electrons. The van der Waals surface area contributed by atoms with Gasteiger partial charge in [0.25, 0.3) is 5.91 Å². The smallest absolute Gasteiger partial charge is 0.289 e. The molecule has 1 aromatic carbocycles. The van der Waals surface area contributed by atoms with E-state index in [9.17, 15) is 9.18 Å². The minimum absolute atomic E-state index is 0.0515. The maximum absolute atomic E-state index is 13.0. The second kappa shape index (κ2) is 8.02. The van der Waals surface area contributed by atoms with Gasteiger partial charge in [0.05, 0.1) is 28.5 Å². The Morgan fingerprint density at radius 2 is 2.07 bits per heavy atom. The largest absolute Gasteiger partial charge is 0.484 e. The van der Waals surface area contributed by atoms with Gasteiger partial charge in [0, 0.05) is 14.1 Å². The van der Waals surface area contributed by atoms with Crippen molar-refractivity contribution in [3.63, 3.8) is 0 Å². The molecule has 0 aliphatic rings. The highest BCUT2D eigenvalue weighted by Gasteiger charge is 2.19. The highest BCUT2D eigenvalue weighted by molar-refractivity contribution is 6.32. The number of halogens is 3. The van der Waals surface area contributed by atoms with Crippen LogP contribution in [0.2, 0.25) is 10.0 Å². The van der Waals surface area contributed by atoms with Crippen LogP contribution in [0.25, 0.3) is 0 Å². The zero-order valence-corrected chi connectivity index (χ0v) is 16.1. The Labute approximate surface area is 165 Å². The molecule has 1 amide bonds. The summed E-state index contributed by atoms with van der Waals surface area (Å²) in [6.45, 7) is 0.335. The fourth-order valence-corrected chi connectivity index (χ4v) is 2.86. The normalized spacial score (nSPS) is 10.9. The fraction of sp³-hybridized carbons (Fsp3) is 0.222. The van der Waals surface area contributed by atoms with Gasteiger partial charge < -0.3 is 14.1 Å². The average molecular weight is 412 g/mol. The summed E-state index contributed by atoms with van der Waals surface area (Å²) in [5, 5.41) is 4.69. The average Bonchev–Trinajstić information content (AvgIpc) is 3.22. The van der Waals surface area contributed by atoms with Crippen molar-refractivity contribution in [2.75, 3.05) is 7.05 Å². The summed E-state index contributed by atoms with van der Waals surface area (Å²) in [5.41, 5.74) is 0.716. The number of rotatable bonds is 6. The molecule has 0 spiro atoms. The molecule has 0 atom stereocenters. The SMILES string of the molecule is CN(Cc1c(Cl)cnn1C)C(=O)c1ccc(COc2ccc(F)cc2Cl)o1.